The van der Waals surface area contributed by atoms with E-state index in [0.29, 0.717) is 11.8 Å². The molecular formula is C14H21NO. The van der Waals surface area contributed by atoms with Crippen molar-refractivity contribution in [2.45, 2.75) is 26.7 Å². The van der Waals surface area contributed by atoms with Gasteiger partial charge in [0, 0.05) is 0 Å². The molecule has 1 aromatic rings. The van der Waals surface area contributed by atoms with E-state index in [1.165, 1.54) is 11.1 Å². The van der Waals surface area contributed by atoms with Crippen molar-refractivity contribution in [2.24, 2.45) is 17.6 Å². The first-order chi connectivity index (χ1) is 7.70. The van der Waals surface area contributed by atoms with Crippen LogP contribution in [-0.4, -0.2) is 13.2 Å². The molecule has 1 aromatic carbocycles. The van der Waals surface area contributed by atoms with Gasteiger partial charge < -0.3 is 10.5 Å². The van der Waals surface area contributed by atoms with Crippen LogP contribution in [0.15, 0.2) is 18.2 Å². The SMILES string of the molecule is CC(C)COc1cccc2c1CC(CN)C2. The number of ether oxygens (including phenoxy) is 1. The number of fused-ring (bicyclic) bond motifs is 1. The Labute approximate surface area is 97.8 Å². The van der Waals surface area contributed by atoms with E-state index in [4.69, 9.17) is 10.5 Å². The lowest BCUT2D eigenvalue weighted by atomic mass is 10.1. The van der Waals surface area contributed by atoms with Crippen molar-refractivity contribution >= 4 is 0 Å². The van der Waals surface area contributed by atoms with Crippen LogP contribution >= 0.6 is 0 Å². The Hall–Kier alpha value is -1.02. The topological polar surface area (TPSA) is 35.2 Å². The van der Waals surface area contributed by atoms with Crippen LogP contribution in [0.4, 0.5) is 0 Å². The van der Waals surface area contributed by atoms with Gasteiger partial charge in [-0.15, -0.1) is 0 Å². The maximum Gasteiger partial charge on any atom is 0.122 e. The second-order valence-corrected chi connectivity index (χ2v) is 5.11. The molecule has 0 bridgehead atoms. The van der Waals surface area contributed by atoms with Gasteiger partial charge in [-0.25, -0.2) is 0 Å². The monoisotopic (exact) mass is 219 g/mol. The Kier molecular flexibility index (Phi) is 3.49. The third-order valence-corrected chi connectivity index (χ3v) is 3.14. The van der Waals surface area contributed by atoms with Crippen molar-refractivity contribution in [3.8, 4) is 5.75 Å². The molecule has 2 nitrogen and oxygen atoms in total. The van der Waals surface area contributed by atoms with E-state index in [9.17, 15) is 0 Å². The summed E-state index contributed by atoms with van der Waals surface area (Å²) >= 11 is 0. The maximum absolute atomic E-state index is 5.86. The lowest BCUT2D eigenvalue weighted by Gasteiger charge is -2.12. The second-order valence-electron chi connectivity index (χ2n) is 5.11. The fraction of sp³-hybridized carbons (Fsp3) is 0.571. The molecule has 0 amide bonds. The molecule has 1 aliphatic carbocycles. The van der Waals surface area contributed by atoms with E-state index >= 15 is 0 Å². The molecule has 0 saturated heterocycles. The Bertz CT molecular complexity index is 360. The normalized spacial score (nSPS) is 18.9. The van der Waals surface area contributed by atoms with Crippen molar-refractivity contribution in [1.82, 2.24) is 0 Å². The van der Waals surface area contributed by atoms with Crippen molar-refractivity contribution in [2.75, 3.05) is 13.2 Å². The van der Waals surface area contributed by atoms with Gasteiger partial charge in [0.1, 0.15) is 5.75 Å². The molecule has 2 N–H and O–H groups in total. The molecule has 16 heavy (non-hydrogen) atoms. The maximum atomic E-state index is 5.86. The molecule has 0 aliphatic heterocycles. The van der Waals surface area contributed by atoms with Crippen LogP contribution < -0.4 is 10.5 Å². The quantitative estimate of drug-likeness (QED) is 0.844. The first-order valence-electron chi connectivity index (χ1n) is 6.14. The van der Waals surface area contributed by atoms with Gasteiger partial charge in [-0.05, 0) is 48.4 Å². The molecule has 0 heterocycles. The summed E-state index contributed by atoms with van der Waals surface area (Å²) in [5.74, 6) is 2.25. The zero-order valence-corrected chi connectivity index (χ0v) is 10.2. The molecule has 1 unspecified atom stereocenters. The molecular weight excluding hydrogens is 198 g/mol. The molecule has 2 heteroatoms. The van der Waals surface area contributed by atoms with E-state index < -0.39 is 0 Å². The van der Waals surface area contributed by atoms with Gasteiger partial charge in [-0.2, -0.15) is 0 Å². The fourth-order valence-corrected chi connectivity index (χ4v) is 2.26. The van der Waals surface area contributed by atoms with Crippen molar-refractivity contribution < 1.29 is 4.74 Å². The summed E-state index contributed by atoms with van der Waals surface area (Å²) < 4.78 is 5.86. The zero-order chi connectivity index (χ0) is 11.5. The Morgan fingerprint density at radius 1 is 1.38 bits per heavy atom. The smallest absolute Gasteiger partial charge is 0.122 e. The highest BCUT2D eigenvalue weighted by molar-refractivity contribution is 5.43. The van der Waals surface area contributed by atoms with Gasteiger partial charge in [0.2, 0.25) is 0 Å². The summed E-state index contributed by atoms with van der Waals surface area (Å²) in [7, 11) is 0. The van der Waals surface area contributed by atoms with E-state index in [2.05, 4.69) is 32.0 Å². The van der Waals surface area contributed by atoms with E-state index in [1.807, 2.05) is 0 Å². The minimum atomic E-state index is 0.572. The summed E-state index contributed by atoms with van der Waals surface area (Å²) in [6, 6.07) is 6.38. The Balaban J connectivity index is 2.13. The van der Waals surface area contributed by atoms with E-state index in [0.717, 1.165) is 31.7 Å². The molecule has 1 aliphatic rings. The van der Waals surface area contributed by atoms with Crippen molar-refractivity contribution in [3.63, 3.8) is 0 Å². The standard InChI is InChI=1S/C14H21NO/c1-10(2)9-16-14-5-3-4-12-6-11(8-15)7-13(12)14/h3-5,10-11H,6-9,15H2,1-2H3. The lowest BCUT2D eigenvalue weighted by molar-refractivity contribution is 0.268. The van der Waals surface area contributed by atoms with Crippen LogP contribution in [0.5, 0.6) is 5.75 Å². The van der Waals surface area contributed by atoms with Gasteiger partial charge in [-0.3, -0.25) is 0 Å². The van der Waals surface area contributed by atoms with E-state index in [-0.39, 0.29) is 0 Å². The van der Waals surface area contributed by atoms with Crippen LogP contribution in [0.3, 0.4) is 0 Å². The Morgan fingerprint density at radius 2 is 2.19 bits per heavy atom. The van der Waals surface area contributed by atoms with Crippen LogP contribution in [0.25, 0.3) is 0 Å². The molecule has 0 fully saturated rings. The summed E-state index contributed by atoms with van der Waals surface area (Å²) in [6.45, 7) is 5.92. The largest absolute Gasteiger partial charge is 0.493 e. The summed E-state index contributed by atoms with van der Waals surface area (Å²) in [6.07, 6.45) is 2.20. The van der Waals surface area contributed by atoms with Crippen molar-refractivity contribution in [1.29, 1.82) is 0 Å². The molecule has 2 rings (SSSR count). The third-order valence-electron chi connectivity index (χ3n) is 3.14. The van der Waals surface area contributed by atoms with E-state index in [1.54, 1.807) is 0 Å². The Morgan fingerprint density at radius 3 is 2.88 bits per heavy atom. The van der Waals surface area contributed by atoms with Crippen LogP contribution in [0.1, 0.15) is 25.0 Å². The average Bonchev–Trinajstić information content (AvgIpc) is 2.69. The van der Waals surface area contributed by atoms with Crippen LogP contribution in [0.2, 0.25) is 0 Å². The predicted molar refractivity (Wildman–Crippen MR) is 66.7 cm³/mol. The van der Waals surface area contributed by atoms with Gasteiger partial charge in [0.05, 0.1) is 6.61 Å². The number of rotatable bonds is 4. The molecule has 88 valence electrons. The first-order valence-corrected chi connectivity index (χ1v) is 6.14. The second kappa shape index (κ2) is 4.88. The molecule has 0 saturated carbocycles. The molecule has 0 radical (unpaired) electrons. The summed E-state index contributed by atoms with van der Waals surface area (Å²) in [5.41, 5.74) is 8.56. The number of hydrogen-bond donors (Lipinski definition) is 1. The van der Waals surface area contributed by atoms with Gasteiger partial charge in [-0.1, -0.05) is 26.0 Å². The minimum absolute atomic E-state index is 0.572. The van der Waals surface area contributed by atoms with Crippen molar-refractivity contribution in [3.05, 3.63) is 29.3 Å². The molecule has 0 aromatic heterocycles. The first kappa shape index (κ1) is 11.5. The fourth-order valence-electron chi connectivity index (χ4n) is 2.26. The third kappa shape index (κ3) is 2.38. The predicted octanol–water partition coefficient (Wildman–Crippen LogP) is 2.39. The molecule has 0 spiro atoms. The summed E-state index contributed by atoms with van der Waals surface area (Å²) in [5, 5.41) is 0. The minimum Gasteiger partial charge on any atom is -0.493 e. The highest BCUT2D eigenvalue weighted by Gasteiger charge is 2.23. The number of hydrogen-bond acceptors (Lipinski definition) is 2. The van der Waals surface area contributed by atoms with Gasteiger partial charge in [0.25, 0.3) is 0 Å². The highest BCUT2D eigenvalue weighted by atomic mass is 16.5. The highest BCUT2D eigenvalue weighted by Crippen LogP contribution is 2.33. The van der Waals surface area contributed by atoms with Gasteiger partial charge in [0.15, 0.2) is 0 Å². The lowest BCUT2D eigenvalue weighted by Crippen LogP contribution is -2.14. The number of nitrogens with two attached hydrogens (primary N) is 1. The zero-order valence-electron chi connectivity index (χ0n) is 10.2. The average molecular weight is 219 g/mol. The van der Waals surface area contributed by atoms with Crippen LogP contribution in [-0.2, 0) is 12.8 Å². The molecule has 1 atom stereocenters. The number of benzene rings is 1. The van der Waals surface area contributed by atoms with Gasteiger partial charge >= 0.3 is 0 Å². The van der Waals surface area contributed by atoms with Crippen LogP contribution in [0, 0.1) is 11.8 Å². The summed E-state index contributed by atoms with van der Waals surface area (Å²) in [4.78, 5) is 0.